The molecule has 0 aliphatic carbocycles. The largest absolute Gasteiger partial charge is 0.416 e. The Balaban J connectivity index is 1.75. The predicted molar refractivity (Wildman–Crippen MR) is 102 cm³/mol. The predicted octanol–water partition coefficient (Wildman–Crippen LogP) is 2.09. The van der Waals surface area contributed by atoms with Gasteiger partial charge in [-0.15, -0.1) is 0 Å². The molecule has 0 saturated heterocycles. The van der Waals surface area contributed by atoms with Crippen LogP contribution in [0.4, 0.5) is 24.8 Å². The normalized spacial score (nSPS) is 15.9. The summed E-state index contributed by atoms with van der Waals surface area (Å²) in [6.07, 6.45) is -5.03. The number of aryl methyl sites for hydroxylation is 1. The van der Waals surface area contributed by atoms with Gasteiger partial charge < -0.3 is 0 Å². The Kier molecular flexibility index (Phi) is 4.57. The zero-order valence-electron chi connectivity index (χ0n) is 15.3. The van der Waals surface area contributed by atoms with E-state index in [0.717, 1.165) is 17.7 Å². The Hall–Kier alpha value is -3.62. The number of nitrogens with one attached hydrogen (secondary N) is 3. The molecule has 0 amide bonds. The number of hydrogen-bond acceptors (Lipinski definition) is 4. The Bertz CT molecular complexity index is 1140. The summed E-state index contributed by atoms with van der Waals surface area (Å²) in [6, 6.07) is 15.5. The monoisotopic (exact) mass is 400 g/mol. The van der Waals surface area contributed by atoms with Crippen molar-refractivity contribution in [1.29, 1.82) is 0 Å². The van der Waals surface area contributed by atoms with Crippen molar-refractivity contribution in [2.75, 3.05) is 10.6 Å². The van der Waals surface area contributed by atoms with E-state index in [4.69, 9.17) is 0 Å². The average Bonchev–Trinajstić information content (AvgIpc) is 2.67. The van der Waals surface area contributed by atoms with Gasteiger partial charge in [0.25, 0.3) is 11.5 Å². The van der Waals surface area contributed by atoms with Crippen molar-refractivity contribution in [3.05, 3.63) is 87.8 Å². The molecule has 0 radical (unpaired) electrons. The van der Waals surface area contributed by atoms with Gasteiger partial charge in [0.15, 0.2) is 6.17 Å². The van der Waals surface area contributed by atoms with Gasteiger partial charge >= 0.3 is 12.1 Å². The first-order chi connectivity index (χ1) is 13.8. The van der Waals surface area contributed by atoms with Crippen molar-refractivity contribution in [2.24, 2.45) is 0 Å². The fourth-order valence-corrected chi connectivity index (χ4v) is 3.15. The molecule has 29 heavy (non-hydrogen) atoms. The molecule has 148 valence electrons. The minimum atomic E-state index is -4.44. The Morgan fingerprint density at radius 1 is 1.10 bits per heavy atom. The number of halogens is 3. The third kappa shape index (κ3) is 3.84. The number of benzene rings is 2. The van der Waals surface area contributed by atoms with Gasteiger partial charge in [-0.05, 0) is 25.1 Å². The zero-order chi connectivity index (χ0) is 20.6. The first-order valence-electron chi connectivity index (χ1n) is 8.81. The van der Waals surface area contributed by atoms with Crippen LogP contribution in [0, 0.1) is 6.92 Å². The molecule has 0 saturated carbocycles. The third-order valence-corrected chi connectivity index (χ3v) is 4.43. The van der Waals surface area contributed by atoms with E-state index in [0.29, 0.717) is 11.7 Å². The highest BCUT2D eigenvalue weighted by Crippen LogP contribution is 2.30. The van der Waals surface area contributed by atoms with Gasteiger partial charge in [0.1, 0.15) is 0 Å². The van der Waals surface area contributed by atoms with Gasteiger partial charge in [-0.25, -0.2) is 20.2 Å². The molecule has 1 aromatic heterocycles. The molecule has 2 heterocycles. The molecule has 1 atom stereocenters. The SMILES string of the molecule is Cc1cc(=O)n2c(n1)NC(Nc1cccc(C(F)(F)F)c1)=[NH+][C@H]2c1ccccc1. The first kappa shape index (κ1) is 18.7. The number of hydrogen-bond donors (Lipinski definition) is 3. The molecule has 4 rings (SSSR count). The standard InChI is InChI=1S/C20H16F3N5O/c1-12-10-16(29)28-17(13-6-3-2-4-7-13)26-18(27-19(28)24-12)25-15-9-5-8-14(11-15)20(21,22)23/h2-11,17H,1H3,(H2,24,25,26,27)/p+1/t17-/m1/s1. The Morgan fingerprint density at radius 3 is 2.59 bits per heavy atom. The Labute approximate surface area is 163 Å². The van der Waals surface area contributed by atoms with Crippen molar-refractivity contribution in [3.8, 4) is 0 Å². The maximum Gasteiger partial charge on any atom is 0.416 e. The second-order valence-corrected chi connectivity index (χ2v) is 6.59. The van der Waals surface area contributed by atoms with Crippen LogP contribution in [0.3, 0.4) is 0 Å². The van der Waals surface area contributed by atoms with E-state index >= 15 is 0 Å². The summed E-state index contributed by atoms with van der Waals surface area (Å²) in [5.41, 5.74) is 0.556. The van der Waals surface area contributed by atoms with E-state index in [9.17, 15) is 18.0 Å². The summed E-state index contributed by atoms with van der Waals surface area (Å²) in [5.74, 6) is 0.604. The number of anilines is 2. The lowest BCUT2D eigenvalue weighted by Gasteiger charge is -2.23. The smallest absolute Gasteiger partial charge is 0.269 e. The van der Waals surface area contributed by atoms with Crippen molar-refractivity contribution in [2.45, 2.75) is 19.3 Å². The molecule has 3 N–H and O–H groups in total. The number of fused-ring (bicyclic) bond motifs is 1. The van der Waals surface area contributed by atoms with E-state index in [-0.39, 0.29) is 17.2 Å². The lowest BCUT2D eigenvalue weighted by molar-refractivity contribution is -0.520. The first-order valence-corrected chi connectivity index (χ1v) is 8.81. The number of nitrogens with zero attached hydrogens (tertiary/aromatic N) is 2. The molecular formula is C20H17F3N5O+. The summed E-state index contributed by atoms with van der Waals surface area (Å²) in [4.78, 5) is 20.1. The van der Waals surface area contributed by atoms with Gasteiger partial charge in [-0.3, -0.25) is 9.79 Å². The molecule has 3 aromatic rings. The summed E-state index contributed by atoms with van der Waals surface area (Å²) in [5, 5.41) is 5.86. The summed E-state index contributed by atoms with van der Waals surface area (Å²) in [6.45, 7) is 1.70. The van der Waals surface area contributed by atoms with Crippen LogP contribution >= 0.6 is 0 Å². The van der Waals surface area contributed by atoms with E-state index in [1.807, 2.05) is 30.3 Å². The molecule has 0 unspecified atom stereocenters. The van der Waals surface area contributed by atoms with Crippen LogP contribution < -0.4 is 21.2 Å². The van der Waals surface area contributed by atoms with Gasteiger partial charge in [0.2, 0.25) is 0 Å². The molecule has 6 nitrogen and oxygen atoms in total. The molecule has 1 aliphatic heterocycles. The lowest BCUT2D eigenvalue weighted by atomic mass is 10.1. The third-order valence-electron chi connectivity index (χ3n) is 4.43. The number of rotatable bonds is 2. The molecular weight excluding hydrogens is 383 g/mol. The quantitative estimate of drug-likeness (QED) is 0.616. The highest BCUT2D eigenvalue weighted by molar-refractivity contribution is 5.99. The summed E-state index contributed by atoms with van der Waals surface area (Å²) >= 11 is 0. The second-order valence-electron chi connectivity index (χ2n) is 6.59. The van der Waals surface area contributed by atoms with E-state index in [2.05, 4.69) is 20.6 Å². The van der Waals surface area contributed by atoms with Crippen LogP contribution in [0.25, 0.3) is 0 Å². The minimum absolute atomic E-state index is 0.241. The van der Waals surface area contributed by atoms with Crippen LogP contribution in [0.1, 0.15) is 23.0 Å². The van der Waals surface area contributed by atoms with Gasteiger partial charge in [0.05, 0.1) is 11.3 Å². The molecule has 0 spiro atoms. The topological polar surface area (TPSA) is 72.9 Å². The molecule has 0 fully saturated rings. The van der Waals surface area contributed by atoms with Crippen LogP contribution in [0.15, 0.2) is 65.5 Å². The minimum Gasteiger partial charge on any atom is -0.269 e. The van der Waals surface area contributed by atoms with E-state index < -0.39 is 17.9 Å². The highest BCUT2D eigenvalue weighted by Gasteiger charge is 2.32. The second kappa shape index (κ2) is 7.08. The molecule has 0 bridgehead atoms. The van der Waals surface area contributed by atoms with Crippen molar-refractivity contribution in [3.63, 3.8) is 0 Å². The van der Waals surface area contributed by atoms with Crippen LogP contribution in [0.5, 0.6) is 0 Å². The lowest BCUT2D eigenvalue weighted by Crippen LogP contribution is -2.82. The van der Waals surface area contributed by atoms with Gasteiger partial charge in [-0.2, -0.15) is 13.2 Å². The fourth-order valence-electron chi connectivity index (χ4n) is 3.15. The average molecular weight is 400 g/mol. The summed E-state index contributed by atoms with van der Waals surface area (Å²) < 4.78 is 40.5. The zero-order valence-corrected chi connectivity index (χ0v) is 15.3. The summed E-state index contributed by atoms with van der Waals surface area (Å²) in [7, 11) is 0. The Morgan fingerprint density at radius 2 is 1.86 bits per heavy atom. The number of aromatic nitrogens is 2. The number of guanidine groups is 1. The molecule has 2 aromatic carbocycles. The van der Waals surface area contributed by atoms with E-state index in [1.165, 1.54) is 22.8 Å². The molecule has 9 heteroatoms. The highest BCUT2D eigenvalue weighted by atomic mass is 19.4. The van der Waals surface area contributed by atoms with Crippen LogP contribution in [-0.2, 0) is 6.18 Å². The maximum atomic E-state index is 13.0. The fraction of sp³-hybridized carbons (Fsp3) is 0.150. The van der Waals surface area contributed by atoms with Crippen molar-refractivity contribution < 1.29 is 18.2 Å². The van der Waals surface area contributed by atoms with Crippen molar-refractivity contribution in [1.82, 2.24) is 9.55 Å². The number of alkyl halides is 3. The molecule has 1 aliphatic rings. The van der Waals surface area contributed by atoms with Crippen molar-refractivity contribution >= 4 is 17.6 Å². The maximum absolute atomic E-state index is 13.0. The van der Waals surface area contributed by atoms with Crippen LogP contribution in [-0.4, -0.2) is 15.5 Å². The van der Waals surface area contributed by atoms with Gasteiger partial charge in [-0.1, -0.05) is 36.4 Å². The van der Waals surface area contributed by atoms with Crippen LogP contribution in [0.2, 0.25) is 0 Å². The van der Waals surface area contributed by atoms with Gasteiger partial charge in [0, 0.05) is 17.3 Å². The van der Waals surface area contributed by atoms with E-state index in [1.54, 1.807) is 6.92 Å².